The Labute approximate surface area is 173 Å². The number of halogens is 3. The fourth-order valence-corrected chi connectivity index (χ4v) is 3.38. The molecule has 0 aromatic heterocycles. The van der Waals surface area contributed by atoms with Gasteiger partial charge in [0, 0.05) is 11.4 Å². The van der Waals surface area contributed by atoms with Crippen LogP contribution in [0, 0.1) is 0 Å². The van der Waals surface area contributed by atoms with Crippen LogP contribution in [-0.2, 0) is 10.9 Å². The Morgan fingerprint density at radius 3 is 2.13 bits per heavy atom. The Hall–Kier alpha value is -2.94. The number of alkyl halides is 3. The predicted octanol–water partition coefficient (Wildman–Crippen LogP) is 4.10. The quantitative estimate of drug-likeness (QED) is 0.481. The molecule has 3 rings (SSSR count). The number of ether oxygens (including phenoxy) is 1. The summed E-state index contributed by atoms with van der Waals surface area (Å²) >= 11 is 0. The maximum Gasteiger partial charge on any atom is 0.416 e. The minimum absolute atomic E-state index is 0.0579. The van der Waals surface area contributed by atoms with Gasteiger partial charge in [-0.05, 0) is 60.7 Å². The van der Waals surface area contributed by atoms with E-state index in [1.807, 2.05) is 24.3 Å². The predicted molar refractivity (Wildman–Crippen MR) is 110 cm³/mol. The molecule has 9 heteroatoms. The summed E-state index contributed by atoms with van der Waals surface area (Å²) in [6.45, 7) is 2.61. The lowest BCUT2D eigenvalue weighted by Gasteiger charge is -2.20. The van der Waals surface area contributed by atoms with Crippen molar-refractivity contribution in [2.24, 2.45) is 10.7 Å². The average molecular weight is 422 g/mol. The first-order valence-electron chi connectivity index (χ1n) is 9.69. The maximum absolute atomic E-state index is 12.6. The van der Waals surface area contributed by atoms with E-state index in [9.17, 15) is 18.3 Å². The van der Waals surface area contributed by atoms with Gasteiger partial charge in [0.05, 0.1) is 11.6 Å². The van der Waals surface area contributed by atoms with Crippen molar-refractivity contribution in [3.8, 4) is 0 Å². The number of amidine groups is 1. The van der Waals surface area contributed by atoms with Gasteiger partial charge in [0.1, 0.15) is 6.61 Å². The van der Waals surface area contributed by atoms with Crippen LogP contribution in [0.4, 0.5) is 24.5 Å². The van der Waals surface area contributed by atoms with Gasteiger partial charge in [0.25, 0.3) is 6.02 Å². The Kier molecular flexibility index (Phi) is 6.71. The Morgan fingerprint density at radius 2 is 1.67 bits per heavy atom. The molecule has 3 atom stereocenters. The minimum Gasteiger partial charge on any atom is -0.463 e. The molecule has 0 fully saturated rings. The lowest BCUT2D eigenvalue weighted by molar-refractivity contribution is -0.137. The fraction of sp³-hybridized carbons (Fsp3) is 0.381. The van der Waals surface area contributed by atoms with Crippen LogP contribution in [0.25, 0.3) is 0 Å². The van der Waals surface area contributed by atoms with E-state index in [1.165, 1.54) is 12.1 Å². The van der Waals surface area contributed by atoms with E-state index in [4.69, 9.17) is 10.5 Å². The molecule has 3 unspecified atom stereocenters. The van der Waals surface area contributed by atoms with Crippen LogP contribution >= 0.6 is 0 Å². The monoisotopic (exact) mass is 422 g/mol. The molecule has 0 bridgehead atoms. The summed E-state index contributed by atoms with van der Waals surface area (Å²) in [5, 5.41) is 15.7. The number of rotatable bonds is 8. The normalized spacial score (nSPS) is 18.3. The number of hydrogen-bond donors (Lipinski definition) is 4. The van der Waals surface area contributed by atoms with E-state index < -0.39 is 18.1 Å². The molecule has 162 valence electrons. The topological polar surface area (TPSA) is 91.9 Å². The van der Waals surface area contributed by atoms with Crippen LogP contribution in [0.1, 0.15) is 36.8 Å². The number of aliphatic hydroxyl groups is 1. The van der Waals surface area contributed by atoms with Crippen LogP contribution < -0.4 is 16.4 Å². The minimum atomic E-state index is -4.39. The first kappa shape index (κ1) is 21.8. The largest absolute Gasteiger partial charge is 0.463 e. The summed E-state index contributed by atoms with van der Waals surface area (Å²) in [5.74, 6) is 0.303. The molecule has 5 N–H and O–H groups in total. The molecule has 2 aromatic carbocycles. The van der Waals surface area contributed by atoms with Gasteiger partial charge in [0.15, 0.2) is 0 Å². The number of anilines is 2. The molecule has 1 aliphatic heterocycles. The van der Waals surface area contributed by atoms with Crippen LogP contribution in [0.3, 0.4) is 0 Å². The summed E-state index contributed by atoms with van der Waals surface area (Å²) in [6.07, 6.45) is -3.78. The molecule has 1 aliphatic rings. The number of nitrogens with two attached hydrogens (primary N) is 1. The maximum atomic E-state index is 12.6. The van der Waals surface area contributed by atoms with Crippen molar-refractivity contribution in [1.29, 1.82) is 0 Å². The Morgan fingerprint density at radius 1 is 1.10 bits per heavy atom. The molecule has 30 heavy (non-hydrogen) atoms. The molecule has 0 amide bonds. The Balaban J connectivity index is 1.55. The standard InChI is InChI=1S/C21H25F3N4O2/c1-2-13(11-18-12-30-19(25)26-18)14-3-7-16(8-4-14)27-20(29)28-17-9-5-15(6-10-17)21(22,23)24/h3-10,13,18,20,27-29H,2,11-12H2,1H3,(H2,25,26). The van der Waals surface area contributed by atoms with Gasteiger partial charge >= 0.3 is 6.18 Å². The smallest absolute Gasteiger partial charge is 0.416 e. The van der Waals surface area contributed by atoms with Gasteiger partial charge in [-0.1, -0.05) is 19.1 Å². The van der Waals surface area contributed by atoms with Crippen molar-refractivity contribution in [2.45, 2.75) is 44.3 Å². The molecule has 6 nitrogen and oxygen atoms in total. The molecule has 2 aromatic rings. The highest BCUT2D eigenvalue weighted by Crippen LogP contribution is 2.30. The van der Waals surface area contributed by atoms with E-state index in [0.717, 1.165) is 30.5 Å². The summed E-state index contributed by atoms with van der Waals surface area (Å²) in [5.41, 5.74) is 7.01. The van der Waals surface area contributed by atoms with Crippen LogP contribution in [0.5, 0.6) is 0 Å². The number of aliphatic imine (C=N–C) groups is 1. The molecule has 0 spiro atoms. The molecular weight excluding hydrogens is 397 g/mol. The molecule has 0 saturated carbocycles. The van der Waals surface area contributed by atoms with E-state index in [-0.39, 0.29) is 12.1 Å². The van der Waals surface area contributed by atoms with Gasteiger partial charge in [0.2, 0.25) is 6.35 Å². The van der Waals surface area contributed by atoms with Gasteiger partial charge in [-0.15, -0.1) is 0 Å². The third kappa shape index (κ3) is 5.79. The van der Waals surface area contributed by atoms with Crippen molar-refractivity contribution in [3.63, 3.8) is 0 Å². The zero-order valence-electron chi connectivity index (χ0n) is 16.5. The van der Waals surface area contributed by atoms with Crippen LogP contribution in [-0.4, -0.2) is 30.1 Å². The number of aliphatic hydroxyl groups excluding tert-OH is 1. The third-order valence-corrected chi connectivity index (χ3v) is 4.98. The highest BCUT2D eigenvalue weighted by atomic mass is 19.4. The number of hydrogen-bond acceptors (Lipinski definition) is 6. The van der Waals surface area contributed by atoms with Gasteiger partial charge < -0.3 is 26.2 Å². The van der Waals surface area contributed by atoms with Gasteiger partial charge in [-0.25, -0.2) is 4.99 Å². The average Bonchev–Trinajstić information content (AvgIpc) is 3.11. The van der Waals surface area contributed by atoms with Crippen molar-refractivity contribution >= 4 is 17.4 Å². The molecule has 0 radical (unpaired) electrons. The van der Waals surface area contributed by atoms with Crippen LogP contribution in [0.2, 0.25) is 0 Å². The number of nitrogens with one attached hydrogen (secondary N) is 2. The molecule has 1 heterocycles. The third-order valence-electron chi connectivity index (χ3n) is 4.98. The Bertz CT molecular complexity index is 854. The fourth-order valence-electron chi connectivity index (χ4n) is 3.38. The van der Waals surface area contributed by atoms with Crippen molar-refractivity contribution in [2.75, 3.05) is 17.2 Å². The van der Waals surface area contributed by atoms with Crippen molar-refractivity contribution < 1.29 is 23.0 Å². The second kappa shape index (κ2) is 9.25. The first-order chi connectivity index (χ1) is 14.2. The highest BCUT2D eigenvalue weighted by molar-refractivity contribution is 5.73. The summed E-state index contributed by atoms with van der Waals surface area (Å²) in [4.78, 5) is 4.27. The van der Waals surface area contributed by atoms with Crippen molar-refractivity contribution in [3.05, 3.63) is 59.7 Å². The molecule has 0 aliphatic carbocycles. The lowest BCUT2D eigenvalue weighted by Crippen LogP contribution is -2.28. The zero-order valence-corrected chi connectivity index (χ0v) is 16.5. The van der Waals surface area contributed by atoms with Crippen LogP contribution in [0.15, 0.2) is 53.5 Å². The highest BCUT2D eigenvalue weighted by Gasteiger charge is 2.30. The molecule has 0 saturated heterocycles. The number of benzene rings is 2. The second-order valence-electron chi connectivity index (χ2n) is 7.16. The number of nitrogens with zero attached hydrogens (tertiary/aromatic N) is 1. The van der Waals surface area contributed by atoms with Gasteiger partial charge in [-0.2, -0.15) is 13.2 Å². The molecular formula is C21H25F3N4O2. The summed E-state index contributed by atoms with van der Waals surface area (Å²) < 4.78 is 43.1. The van der Waals surface area contributed by atoms with Gasteiger partial charge in [-0.3, -0.25) is 0 Å². The van der Waals surface area contributed by atoms with E-state index >= 15 is 0 Å². The zero-order chi connectivity index (χ0) is 21.7. The SMILES string of the molecule is CCC(CC1COC(N)=N1)c1ccc(NC(O)Nc2ccc(C(F)(F)F)cc2)cc1. The lowest BCUT2D eigenvalue weighted by atomic mass is 9.90. The van der Waals surface area contributed by atoms with E-state index in [0.29, 0.717) is 23.9 Å². The summed E-state index contributed by atoms with van der Waals surface area (Å²) in [6, 6.07) is 12.4. The van der Waals surface area contributed by atoms with E-state index in [1.54, 1.807) is 0 Å². The summed E-state index contributed by atoms with van der Waals surface area (Å²) in [7, 11) is 0. The second-order valence-corrected chi connectivity index (χ2v) is 7.16. The van der Waals surface area contributed by atoms with E-state index in [2.05, 4.69) is 22.5 Å². The first-order valence-corrected chi connectivity index (χ1v) is 9.69. The van der Waals surface area contributed by atoms with Crippen molar-refractivity contribution in [1.82, 2.24) is 0 Å².